The maximum absolute atomic E-state index is 11.6. The van der Waals surface area contributed by atoms with Gasteiger partial charge in [-0.05, 0) is 0 Å². The van der Waals surface area contributed by atoms with E-state index >= 15 is 0 Å². The molecule has 0 aromatic rings. The fraction of sp³-hybridized carbons (Fsp3) is 0.875. The van der Waals surface area contributed by atoms with Gasteiger partial charge in [0.1, 0.15) is 6.61 Å². The lowest BCUT2D eigenvalue weighted by atomic mass is 10.4. The fourth-order valence-corrected chi connectivity index (χ4v) is 0.841. The fourth-order valence-electron chi connectivity index (χ4n) is 0.841. The third kappa shape index (κ3) is 6.73. The Morgan fingerprint density at radius 1 is 1.57 bits per heavy atom. The van der Waals surface area contributed by atoms with Crippen molar-refractivity contribution in [3.8, 4) is 0 Å². The number of nitrogens with zero attached hydrogens (tertiary/aromatic N) is 1. The number of halogens is 2. The number of alkyl halides is 2. The third-order valence-corrected chi connectivity index (χ3v) is 1.59. The van der Waals surface area contributed by atoms with Crippen molar-refractivity contribution in [2.45, 2.75) is 12.8 Å². The maximum Gasteiger partial charge on any atom is 0.261 e. The Labute approximate surface area is 82.0 Å². The minimum Gasteiger partial charge on any atom is -0.375 e. The molecule has 1 amide bonds. The molecule has 0 aliphatic rings. The predicted molar refractivity (Wildman–Crippen MR) is 48.1 cm³/mol. The van der Waals surface area contributed by atoms with Crippen molar-refractivity contribution in [1.82, 2.24) is 4.90 Å². The SMILES string of the molecule is CN(CCN)C(=O)CCOCC(F)F. The van der Waals surface area contributed by atoms with E-state index in [0.717, 1.165) is 0 Å². The van der Waals surface area contributed by atoms with Crippen molar-refractivity contribution >= 4 is 5.91 Å². The second-order valence-corrected chi connectivity index (χ2v) is 2.82. The minimum atomic E-state index is -2.48. The quantitative estimate of drug-likeness (QED) is 0.605. The smallest absolute Gasteiger partial charge is 0.261 e. The van der Waals surface area contributed by atoms with Gasteiger partial charge in [0.05, 0.1) is 13.0 Å². The number of ether oxygens (including phenoxy) is 1. The Kier molecular flexibility index (Phi) is 7.23. The molecule has 2 N–H and O–H groups in total. The lowest BCUT2D eigenvalue weighted by Gasteiger charge is -2.15. The van der Waals surface area contributed by atoms with Gasteiger partial charge in [0.2, 0.25) is 5.91 Å². The summed E-state index contributed by atoms with van der Waals surface area (Å²) in [5.41, 5.74) is 5.24. The first-order valence-corrected chi connectivity index (χ1v) is 4.38. The molecule has 14 heavy (non-hydrogen) atoms. The van der Waals surface area contributed by atoms with Crippen molar-refractivity contribution in [1.29, 1.82) is 0 Å². The first-order valence-electron chi connectivity index (χ1n) is 4.38. The van der Waals surface area contributed by atoms with Crippen molar-refractivity contribution in [2.24, 2.45) is 5.73 Å². The molecule has 0 heterocycles. The zero-order valence-electron chi connectivity index (χ0n) is 8.21. The highest BCUT2D eigenvalue weighted by Gasteiger charge is 2.08. The second-order valence-electron chi connectivity index (χ2n) is 2.82. The van der Waals surface area contributed by atoms with E-state index in [9.17, 15) is 13.6 Å². The molecule has 0 rings (SSSR count). The molecule has 4 nitrogen and oxygen atoms in total. The number of hydrogen-bond acceptors (Lipinski definition) is 3. The van der Waals surface area contributed by atoms with E-state index in [0.29, 0.717) is 13.1 Å². The summed E-state index contributed by atoms with van der Waals surface area (Å²) in [6, 6.07) is 0. The van der Waals surface area contributed by atoms with Crippen LogP contribution in [0.15, 0.2) is 0 Å². The van der Waals surface area contributed by atoms with Gasteiger partial charge in [-0.1, -0.05) is 0 Å². The van der Waals surface area contributed by atoms with Crippen LogP contribution < -0.4 is 5.73 Å². The first-order chi connectivity index (χ1) is 6.57. The lowest BCUT2D eigenvalue weighted by molar-refractivity contribution is -0.131. The first kappa shape index (κ1) is 13.2. The monoisotopic (exact) mass is 210 g/mol. The summed E-state index contributed by atoms with van der Waals surface area (Å²) in [7, 11) is 1.61. The largest absolute Gasteiger partial charge is 0.375 e. The molecular weight excluding hydrogens is 194 g/mol. The number of amides is 1. The Hall–Kier alpha value is -0.750. The zero-order chi connectivity index (χ0) is 11.0. The van der Waals surface area contributed by atoms with Crippen LogP contribution in [0.5, 0.6) is 0 Å². The van der Waals surface area contributed by atoms with E-state index in [2.05, 4.69) is 4.74 Å². The molecule has 0 unspecified atom stereocenters. The van der Waals surface area contributed by atoms with E-state index in [1.807, 2.05) is 0 Å². The van der Waals surface area contributed by atoms with Gasteiger partial charge in [0, 0.05) is 20.1 Å². The van der Waals surface area contributed by atoms with Gasteiger partial charge in [0.15, 0.2) is 0 Å². The Morgan fingerprint density at radius 2 is 2.21 bits per heavy atom. The van der Waals surface area contributed by atoms with Crippen LogP contribution in [0.4, 0.5) is 8.78 Å². The van der Waals surface area contributed by atoms with Gasteiger partial charge in [0.25, 0.3) is 6.43 Å². The lowest BCUT2D eigenvalue weighted by Crippen LogP contribution is -2.32. The summed E-state index contributed by atoms with van der Waals surface area (Å²) in [5.74, 6) is -0.148. The molecule has 0 spiro atoms. The molecule has 0 saturated carbocycles. The van der Waals surface area contributed by atoms with Gasteiger partial charge < -0.3 is 15.4 Å². The molecule has 6 heteroatoms. The summed E-state index contributed by atoms with van der Waals surface area (Å²) in [4.78, 5) is 12.6. The molecule has 0 aromatic carbocycles. The molecule has 0 atom stereocenters. The van der Waals surface area contributed by atoms with Crippen LogP contribution in [-0.4, -0.2) is 50.6 Å². The average Bonchev–Trinajstić information content (AvgIpc) is 2.12. The number of nitrogens with two attached hydrogens (primary N) is 1. The highest BCUT2D eigenvalue weighted by atomic mass is 19.3. The van der Waals surface area contributed by atoms with Gasteiger partial charge in [-0.25, -0.2) is 8.78 Å². The van der Waals surface area contributed by atoms with Crippen LogP contribution in [0.1, 0.15) is 6.42 Å². The molecule has 0 bridgehead atoms. The molecule has 84 valence electrons. The van der Waals surface area contributed by atoms with Crippen molar-refractivity contribution in [2.75, 3.05) is 33.4 Å². The molecule has 0 aliphatic heterocycles. The van der Waals surface area contributed by atoms with Crippen LogP contribution in [0.2, 0.25) is 0 Å². The predicted octanol–water partition coefficient (Wildman–Crippen LogP) is 0.0753. The summed E-state index contributed by atoms with van der Waals surface area (Å²) >= 11 is 0. The van der Waals surface area contributed by atoms with E-state index in [4.69, 9.17) is 5.73 Å². The van der Waals surface area contributed by atoms with E-state index in [1.54, 1.807) is 7.05 Å². The van der Waals surface area contributed by atoms with E-state index < -0.39 is 13.0 Å². The topological polar surface area (TPSA) is 55.6 Å². The highest BCUT2D eigenvalue weighted by molar-refractivity contribution is 5.75. The number of carbonyl (C=O) groups is 1. The van der Waals surface area contributed by atoms with Crippen molar-refractivity contribution in [3.63, 3.8) is 0 Å². The maximum atomic E-state index is 11.6. The number of likely N-dealkylation sites (N-methyl/N-ethyl adjacent to an activating group) is 1. The Balaban J connectivity index is 3.44. The normalized spacial score (nSPS) is 10.6. The van der Waals surface area contributed by atoms with Crippen molar-refractivity contribution < 1.29 is 18.3 Å². The molecule has 0 radical (unpaired) electrons. The number of hydrogen-bond donors (Lipinski definition) is 1. The summed E-state index contributed by atoms with van der Waals surface area (Å²) in [5, 5.41) is 0. The number of rotatable bonds is 7. The average molecular weight is 210 g/mol. The summed E-state index contributed by atoms with van der Waals surface area (Å²) in [6.45, 7) is 0.264. The minimum absolute atomic E-state index is 0.0259. The van der Waals surface area contributed by atoms with Crippen LogP contribution in [0.3, 0.4) is 0 Å². The van der Waals surface area contributed by atoms with Crippen LogP contribution in [0, 0.1) is 0 Å². The van der Waals surface area contributed by atoms with Gasteiger partial charge in [-0.15, -0.1) is 0 Å². The van der Waals surface area contributed by atoms with E-state index in [1.165, 1.54) is 4.90 Å². The second kappa shape index (κ2) is 7.64. The zero-order valence-corrected chi connectivity index (χ0v) is 8.21. The molecule has 0 aliphatic carbocycles. The Bertz CT molecular complexity index is 167. The third-order valence-electron chi connectivity index (χ3n) is 1.59. The van der Waals surface area contributed by atoms with E-state index in [-0.39, 0.29) is 18.9 Å². The summed E-state index contributed by atoms with van der Waals surface area (Å²) < 4.78 is 27.8. The van der Waals surface area contributed by atoms with Gasteiger partial charge >= 0.3 is 0 Å². The van der Waals surface area contributed by atoms with Crippen molar-refractivity contribution in [3.05, 3.63) is 0 Å². The Morgan fingerprint density at radius 3 is 2.71 bits per heavy atom. The van der Waals surface area contributed by atoms with Crippen LogP contribution >= 0.6 is 0 Å². The van der Waals surface area contributed by atoms with Gasteiger partial charge in [-0.2, -0.15) is 0 Å². The molecule has 0 saturated heterocycles. The summed E-state index contributed by atoms with van der Waals surface area (Å²) in [6.07, 6.45) is -2.37. The molecule has 0 fully saturated rings. The molecular formula is C8H16F2N2O2. The van der Waals surface area contributed by atoms with Crippen LogP contribution in [-0.2, 0) is 9.53 Å². The molecule has 0 aromatic heterocycles. The standard InChI is InChI=1S/C8H16F2N2O2/c1-12(4-3-11)8(13)2-5-14-6-7(9)10/h7H,2-6,11H2,1H3. The highest BCUT2D eigenvalue weighted by Crippen LogP contribution is 1.95. The number of carbonyl (C=O) groups excluding carboxylic acids is 1. The van der Waals surface area contributed by atoms with Gasteiger partial charge in [-0.3, -0.25) is 4.79 Å². The van der Waals surface area contributed by atoms with Crippen LogP contribution in [0.25, 0.3) is 0 Å².